The number of amides is 1. The quantitative estimate of drug-likeness (QED) is 0.680. The van der Waals surface area contributed by atoms with Gasteiger partial charge in [0.25, 0.3) is 5.91 Å². The third kappa shape index (κ3) is 5.96. The third-order valence-electron chi connectivity index (χ3n) is 3.74. The largest absolute Gasteiger partial charge is 0.396 e. The molecule has 1 amide bonds. The van der Waals surface area contributed by atoms with Gasteiger partial charge in [-0.2, -0.15) is 0 Å². The predicted octanol–water partition coefficient (Wildman–Crippen LogP) is 3.84. The summed E-state index contributed by atoms with van der Waals surface area (Å²) in [5.74, 6) is -0.159. The number of aliphatic hydroxyl groups excluding tert-OH is 1. The lowest BCUT2D eigenvalue weighted by atomic mass is 10.1. The molecule has 3 N–H and O–H groups in total. The summed E-state index contributed by atoms with van der Waals surface area (Å²) in [7, 11) is 0. The minimum absolute atomic E-state index is 0.159. The van der Waals surface area contributed by atoms with Crippen LogP contribution in [0.1, 0.15) is 35.7 Å². The van der Waals surface area contributed by atoms with Crippen LogP contribution in [0.4, 0.5) is 5.69 Å². The van der Waals surface area contributed by atoms with Crippen LogP contribution in [0.2, 0.25) is 5.02 Å². The fraction of sp³-hybridized carbons (Fsp3) is 0.316. The van der Waals surface area contributed by atoms with Crippen LogP contribution in [0.5, 0.6) is 0 Å². The molecule has 0 aliphatic carbocycles. The smallest absolute Gasteiger partial charge is 0.255 e. The molecular formula is C19H23ClN2O2. The number of carbonyl (C=O) groups excluding carboxylic acids is 1. The van der Waals surface area contributed by atoms with Crippen LogP contribution in [0.3, 0.4) is 0 Å². The highest BCUT2D eigenvalue weighted by atomic mass is 35.5. The molecule has 4 nitrogen and oxygen atoms in total. The molecule has 0 spiro atoms. The molecule has 2 aromatic carbocycles. The maximum absolute atomic E-state index is 12.2. The summed E-state index contributed by atoms with van der Waals surface area (Å²) in [6.45, 7) is 3.04. The van der Waals surface area contributed by atoms with E-state index in [0.717, 1.165) is 30.6 Å². The van der Waals surface area contributed by atoms with E-state index in [9.17, 15) is 4.79 Å². The lowest BCUT2D eigenvalue weighted by Gasteiger charge is -2.14. The minimum atomic E-state index is -0.159. The Kier molecular flexibility index (Phi) is 7.25. The van der Waals surface area contributed by atoms with E-state index in [4.69, 9.17) is 16.7 Å². The van der Waals surface area contributed by atoms with Crippen molar-refractivity contribution < 1.29 is 9.90 Å². The molecule has 0 saturated carbocycles. The van der Waals surface area contributed by atoms with E-state index < -0.39 is 0 Å². The van der Waals surface area contributed by atoms with Crippen LogP contribution in [0.25, 0.3) is 0 Å². The highest BCUT2D eigenvalue weighted by Gasteiger charge is 2.07. The summed E-state index contributed by atoms with van der Waals surface area (Å²) < 4.78 is 0. The number of aliphatic hydroxyl groups is 1. The maximum atomic E-state index is 12.2. The fourth-order valence-electron chi connectivity index (χ4n) is 2.36. The fourth-order valence-corrected chi connectivity index (χ4v) is 2.48. The average molecular weight is 347 g/mol. The van der Waals surface area contributed by atoms with E-state index in [2.05, 4.69) is 17.6 Å². The van der Waals surface area contributed by atoms with Crippen LogP contribution < -0.4 is 10.6 Å². The Morgan fingerprint density at radius 3 is 2.67 bits per heavy atom. The summed E-state index contributed by atoms with van der Waals surface area (Å²) in [6.07, 6.45) is 1.73. The van der Waals surface area contributed by atoms with E-state index in [1.807, 2.05) is 24.3 Å². The lowest BCUT2D eigenvalue weighted by Crippen LogP contribution is -2.25. The molecule has 1 atom stereocenters. The molecule has 0 fully saturated rings. The van der Waals surface area contributed by atoms with Crippen molar-refractivity contribution in [3.8, 4) is 0 Å². The van der Waals surface area contributed by atoms with Gasteiger partial charge in [-0.1, -0.05) is 23.7 Å². The van der Waals surface area contributed by atoms with Gasteiger partial charge in [-0.3, -0.25) is 4.79 Å². The van der Waals surface area contributed by atoms with Gasteiger partial charge in [0.1, 0.15) is 0 Å². The molecular weight excluding hydrogens is 324 g/mol. The predicted molar refractivity (Wildman–Crippen MR) is 98.5 cm³/mol. The summed E-state index contributed by atoms with van der Waals surface area (Å²) in [5.41, 5.74) is 2.43. The Morgan fingerprint density at radius 2 is 1.96 bits per heavy atom. The SMILES string of the molecule is CC(CCCO)NCc1cccc(NC(=O)c2ccc(Cl)cc2)c1. The van der Waals surface area contributed by atoms with Crippen molar-refractivity contribution in [1.29, 1.82) is 0 Å². The van der Waals surface area contributed by atoms with E-state index in [1.54, 1.807) is 24.3 Å². The normalized spacial score (nSPS) is 12.0. The first kappa shape index (κ1) is 18.5. The van der Waals surface area contributed by atoms with E-state index in [1.165, 1.54) is 0 Å². The molecule has 0 aliphatic rings. The number of hydrogen-bond donors (Lipinski definition) is 3. The zero-order chi connectivity index (χ0) is 17.4. The monoisotopic (exact) mass is 346 g/mol. The van der Waals surface area contributed by atoms with Crippen molar-refractivity contribution in [2.45, 2.75) is 32.4 Å². The standard InChI is InChI=1S/C19H23ClN2O2/c1-14(4-3-11-23)21-13-15-5-2-6-18(12-15)22-19(24)16-7-9-17(20)10-8-16/h2,5-10,12,14,21,23H,3-4,11,13H2,1H3,(H,22,24). The van der Waals surface area contributed by atoms with Gasteiger partial charge in [0.2, 0.25) is 0 Å². The molecule has 0 heterocycles. The van der Waals surface area contributed by atoms with Crippen molar-refractivity contribution in [3.05, 3.63) is 64.7 Å². The summed E-state index contributed by atoms with van der Waals surface area (Å²) >= 11 is 5.84. The van der Waals surface area contributed by atoms with Crippen LogP contribution in [0.15, 0.2) is 48.5 Å². The minimum Gasteiger partial charge on any atom is -0.396 e. The first-order valence-electron chi connectivity index (χ1n) is 8.08. The molecule has 2 aromatic rings. The van der Waals surface area contributed by atoms with Gasteiger partial charge in [-0.25, -0.2) is 0 Å². The van der Waals surface area contributed by atoms with Gasteiger partial charge in [0, 0.05) is 35.5 Å². The zero-order valence-electron chi connectivity index (χ0n) is 13.8. The second-order valence-electron chi connectivity index (χ2n) is 5.81. The third-order valence-corrected chi connectivity index (χ3v) is 3.99. The molecule has 0 radical (unpaired) electrons. The molecule has 0 bridgehead atoms. The summed E-state index contributed by atoms with van der Waals surface area (Å²) in [4.78, 5) is 12.2. The van der Waals surface area contributed by atoms with E-state index in [0.29, 0.717) is 16.6 Å². The second-order valence-corrected chi connectivity index (χ2v) is 6.25. The van der Waals surface area contributed by atoms with E-state index >= 15 is 0 Å². The van der Waals surface area contributed by atoms with Crippen LogP contribution in [-0.2, 0) is 6.54 Å². The highest BCUT2D eigenvalue weighted by Crippen LogP contribution is 2.14. The molecule has 0 saturated heterocycles. The first-order chi connectivity index (χ1) is 11.6. The average Bonchev–Trinajstić information content (AvgIpc) is 2.59. The topological polar surface area (TPSA) is 61.4 Å². The number of rotatable bonds is 8. The second kappa shape index (κ2) is 9.42. The van der Waals surface area contributed by atoms with Gasteiger partial charge < -0.3 is 15.7 Å². The highest BCUT2D eigenvalue weighted by molar-refractivity contribution is 6.30. The molecule has 24 heavy (non-hydrogen) atoms. The molecule has 2 rings (SSSR count). The Bertz CT molecular complexity index is 659. The van der Waals surface area contributed by atoms with Crippen LogP contribution >= 0.6 is 11.6 Å². The molecule has 0 aliphatic heterocycles. The van der Waals surface area contributed by atoms with Crippen molar-refractivity contribution >= 4 is 23.2 Å². The molecule has 128 valence electrons. The van der Waals surface area contributed by atoms with E-state index in [-0.39, 0.29) is 12.5 Å². The molecule has 5 heteroatoms. The van der Waals surface area contributed by atoms with Gasteiger partial charge in [-0.05, 0) is 61.7 Å². The number of hydrogen-bond acceptors (Lipinski definition) is 3. The number of anilines is 1. The number of benzene rings is 2. The Morgan fingerprint density at radius 1 is 1.21 bits per heavy atom. The van der Waals surface area contributed by atoms with Crippen molar-refractivity contribution in [2.24, 2.45) is 0 Å². The number of nitrogens with one attached hydrogen (secondary N) is 2. The maximum Gasteiger partial charge on any atom is 0.255 e. The molecule has 1 unspecified atom stereocenters. The first-order valence-corrected chi connectivity index (χ1v) is 8.46. The van der Waals surface area contributed by atoms with Gasteiger partial charge >= 0.3 is 0 Å². The van der Waals surface area contributed by atoms with Gasteiger partial charge in [0.15, 0.2) is 0 Å². The van der Waals surface area contributed by atoms with Crippen molar-refractivity contribution in [2.75, 3.05) is 11.9 Å². The number of carbonyl (C=O) groups is 1. The Labute approximate surface area is 147 Å². The Balaban J connectivity index is 1.92. The zero-order valence-corrected chi connectivity index (χ0v) is 14.5. The van der Waals surface area contributed by atoms with Crippen LogP contribution in [-0.4, -0.2) is 23.7 Å². The van der Waals surface area contributed by atoms with Crippen molar-refractivity contribution in [3.63, 3.8) is 0 Å². The Hall–Kier alpha value is -1.88. The van der Waals surface area contributed by atoms with Crippen LogP contribution in [0, 0.1) is 0 Å². The summed E-state index contributed by atoms with van der Waals surface area (Å²) in [6, 6.07) is 14.9. The van der Waals surface area contributed by atoms with Gasteiger partial charge in [-0.15, -0.1) is 0 Å². The number of halogens is 1. The molecule has 0 aromatic heterocycles. The lowest BCUT2D eigenvalue weighted by molar-refractivity contribution is 0.102. The van der Waals surface area contributed by atoms with Gasteiger partial charge in [0.05, 0.1) is 0 Å². The summed E-state index contributed by atoms with van der Waals surface area (Å²) in [5, 5.41) is 15.8. The van der Waals surface area contributed by atoms with Crippen molar-refractivity contribution in [1.82, 2.24) is 5.32 Å².